The molecule has 1 unspecified atom stereocenters. The van der Waals surface area contributed by atoms with Crippen LogP contribution in [-0.2, 0) is 29.8 Å². The zero-order chi connectivity index (χ0) is 37.1. The lowest BCUT2D eigenvalue weighted by Crippen LogP contribution is -2.23. The van der Waals surface area contributed by atoms with Crippen molar-refractivity contribution < 1.29 is 32.8 Å². The van der Waals surface area contributed by atoms with Gasteiger partial charge in [-0.05, 0) is 70.0 Å². The molecule has 0 amide bonds. The minimum absolute atomic E-state index is 0.247. The van der Waals surface area contributed by atoms with Crippen molar-refractivity contribution in [2.45, 2.75) is 71.6 Å². The van der Waals surface area contributed by atoms with E-state index in [1.54, 1.807) is 31.9 Å². The molecule has 3 aromatic heterocycles. The van der Waals surface area contributed by atoms with Gasteiger partial charge in [-0.2, -0.15) is 0 Å². The summed E-state index contributed by atoms with van der Waals surface area (Å²) in [6, 6.07) is 11.6. The highest BCUT2D eigenvalue weighted by Crippen LogP contribution is 2.42. The van der Waals surface area contributed by atoms with Crippen LogP contribution in [-0.4, -0.2) is 76.2 Å². The first-order valence-corrected chi connectivity index (χ1v) is 19.4. The maximum Gasteiger partial charge on any atom is 0.510 e. The lowest BCUT2D eigenvalue weighted by molar-refractivity contribution is -0.0110. The van der Waals surface area contributed by atoms with Crippen molar-refractivity contribution in [3.8, 4) is 5.75 Å². The molecule has 15 nitrogen and oxygen atoms in total. The van der Waals surface area contributed by atoms with E-state index in [0.29, 0.717) is 29.3 Å². The van der Waals surface area contributed by atoms with E-state index in [1.165, 1.54) is 6.33 Å². The van der Waals surface area contributed by atoms with Gasteiger partial charge in [-0.25, -0.2) is 29.8 Å². The van der Waals surface area contributed by atoms with E-state index < -0.39 is 26.6 Å². The molecule has 0 bridgehead atoms. The number of nitrogens with two attached hydrogens (primary N) is 1. The Balaban J connectivity index is 1.08. The number of anilines is 2. The molecule has 0 aliphatic carbocycles. The average molecular weight is 757 g/mol. The Morgan fingerprint density at radius 3 is 2.56 bits per heavy atom. The van der Waals surface area contributed by atoms with Crippen molar-refractivity contribution in [1.29, 1.82) is 0 Å². The fourth-order valence-electron chi connectivity index (χ4n) is 5.56. The summed E-state index contributed by atoms with van der Waals surface area (Å²) >= 11 is 6.27. The van der Waals surface area contributed by atoms with E-state index in [4.69, 9.17) is 45.8 Å². The number of rotatable bonds is 20. The number of unbranched alkanes of at least 4 members (excludes halogenated alkanes) is 4. The Labute approximate surface area is 307 Å². The zero-order valence-corrected chi connectivity index (χ0v) is 31.5. The lowest BCUT2D eigenvalue weighted by atomic mass is 10.1. The second kappa shape index (κ2) is 18.5. The second-order valence-electron chi connectivity index (χ2n) is 12.5. The van der Waals surface area contributed by atoms with Gasteiger partial charge < -0.3 is 34.6 Å². The lowest BCUT2D eigenvalue weighted by Gasteiger charge is -2.22. The van der Waals surface area contributed by atoms with Gasteiger partial charge in [0.05, 0.1) is 48.9 Å². The van der Waals surface area contributed by atoms with Gasteiger partial charge in [0.25, 0.3) is 7.52 Å². The third kappa shape index (κ3) is 10.6. The number of hydrogen-bond donors (Lipinski definition) is 3. The van der Waals surface area contributed by atoms with Gasteiger partial charge in [0.1, 0.15) is 23.9 Å². The first-order valence-electron chi connectivity index (χ1n) is 17.2. The van der Waals surface area contributed by atoms with Gasteiger partial charge in [0.15, 0.2) is 11.5 Å². The quantitative estimate of drug-likeness (QED) is 0.0233. The van der Waals surface area contributed by atoms with Gasteiger partial charge >= 0.3 is 6.16 Å². The van der Waals surface area contributed by atoms with Crippen LogP contribution in [0.5, 0.6) is 5.75 Å². The molecule has 0 fully saturated rings. The molecular formula is C35H46ClN8O7P. The number of benzene rings is 2. The second-order valence-corrected chi connectivity index (χ2v) is 15.2. The monoisotopic (exact) mass is 756 g/mol. The van der Waals surface area contributed by atoms with Crippen LogP contribution in [0.25, 0.3) is 33.0 Å². The predicted molar refractivity (Wildman–Crippen MR) is 202 cm³/mol. The van der Waals surface area contributed by atoms with Crippen molar-refractivity contribution in [1.82, 2.24) is 29.6 Å². The Morgan fingerprint density at radius 2 is 1.77 bits per heavy atom. The van der Waals surface area contributed by atoms with Gasteiger partial charge in [-0.3, -0.25) is 9.09 Å². The van der Waals surface area contributed by atoms with E-state index in [9.17, 15) is 9.36 Å². The zero-order valence-electron chi connectivity index (χ0n) is 29.8. The molecule has 17 heteroatoms. The van der Waals surface area contributed by atoms with Crippen molar-refractivity contribution in [3.63, 3.8) is 0 Å². The van der Waals surface area contributed by atoms with E-state index in [0.717, 1.165) is 71.9 Å². The molecule has 0 saturated heterocycles. The maximum atomic E-state index is 13.8. The van der Waals surface area contributed by atoms with E-state index in [2.05, 4.69) is 25.4 Å². The molecule has 52 heavy (non-hydrogen) atoms. The molecule has 5 aromatic rings. The van der Waals surface area contributed by atoms with Crippen LogP contribution < -0.4 is 20.9 Å². The molecule has 4 N–H and O–H groups in total. The number of carbonyl (C=O) groups excluding carboxylic acids is 1. The van der Waals surface area contributed by atoms with E-state index in [-0.39, 0.29) is 18.3 Å². The molecule has 280 valence electrons. The van der Waals surface area contributed by atoms with E-state index in [1.807, 2.05) is 43.3 Å². The van der Waals surface area contributed by atoms with Gasteiger partial charge in [-0.15, -0.1) is 0 Å². The number of halogens is 1. The van der Waals surface area contributed by atoms with Gasteiger partial charge in [0.2, 0.25) is 6.79 Å². The third-order valence-electron chi connectivity index (χ3n) is 8.13. The van der Waals surface area contributed by atoms with Crippen molar-refractivity contribution in [2.24, 2.45) is 0 Å². The highest BCUT2D eigenvalue weighted by atomic mass is 35.5. The van der Waals surface area contributed by atoms with Crippen molar-refractivity contribution >= 4 is 69.8 Å². The minimum atomic E-state index is -3.57. The summed E-state index contributed by atoms with van der Waals surface area (Å²) in [5.74, 6) is 1.05. The fraction of sp³-hybridized carbons (Fsp3) is 0.457. The van der Waals surface area contributed by atoms with Gasteiger partial charge in [0, 0.05) is 28.9 Å². The fourth-order valence-corrected chi connectivity index (χ4v) is 7.16. The Morgan fingerprint density at radius 1 is 0.981 bits per heavy atom. The summed E-state index contributed by atoms with van der Waals surface area (Å²) in [4.78, 5) is 29.1. The molecule has 2 atom stereocenters. The van der Waals surface area contributed by atoms with Crippen LogP contribution in [0.3, 0.4) is 0 Å². The molecule has 5 rings (SSSR count). The minimum Gasteiger partial charge on any atom is -0.497 e. The highest BCUT2D eigenvalue weighted by molar-refractivity contribution is 7.56. The number of imidazole rings is 1. The summed E-state index contributed by atoms with van der Waals surface area (Å²) in [7, 11) is -1.92. The Kier molecular flexibility index (Phi) is 13.8. The smallest absolute Gasteiger partial charge is 0.497 e. The van der Waals surface area contributed by atoms with Gasteiger partial charge in [-0.1, -0.05) is 30.9 Å². The summed E-state index contributed by atoms with van der Waals surface area (Å²) < 4.78 is 42.4. The molecule has 3 heterocycles. The van der Waals surface area contributed by atoms with Crippen LogP contribution >= 0.6 is 19.1 Å². The number of hydrogen-bond acceptors (Lipinski definition) is 13. The van der Waals surface area contributed by atoms with Crippen LogP contribution in [0.15, 0.2) is 49.1 Å². The van der Waals surface area contributed by atoms with Crippen molar-refractivity contribution in [2.75, 3.05) is 44.4 Å². The molecule has 2 aromatic carbocycles. The number of nitrogens with one attached hydrogen (secondary N) is 2. The number of aromatic nitrogens is 5. The number of fused-ring (bicyclic) bond motifs is 3. The number of ether oxygens (including phenoxy) is 4. The SMILES string of the molecule is COc1ccc2nc3cc(Cl)ccc3c(NCCCCCCCNP(=O)(CO[C@H](C)Cn3cnc4c(N)ncnc43)OCOC(=O)OC(C)C)c2c1. The van der Waals surface area contributed by atoms with E-state index >= 15 is 0 Å². The normalized spacial score (nSPS) is 13.4. The standard InChI is InChI=1S/C35H46ClN8O7P/c1-23(2)51-35(45)48-21-50-52(46,22-49-24(3)18-44-20-41-32-33(37)39-19-40-34(32)44)42-15-9-7-5-6-8-14-38-31-27-12-10-25(36)16-30(27)43-29-13-11-26(47-4)17-28(29)31/h10-13,16-17,19-20,23-24H,5-9,14-15,18,21-22H2,1-4H3,(H,38,43)(H,42,46)(H2,37,39,40)/t24-,52?/m1/s1. The molecular weight excluding hydrogens is 711 g/mol. The molecule has 0 radical (unpaired) electrons. The summed E-state index contributed by atoms with van der Waals surface area (Å²) in [6.07, 6.45) is 5.68. The van der Waals surface area contributed by atoms with Crippen LogP contribution in [0.4, 0.5) is 16.3 Å². The summed E-state index contributed by atoms with van der Waals surface area (Å²) in [5.41, 5.74) is 9.66. The van der Waals surface area contributed by atoms with Crippen LogP contribution in [0.1, 0.15) is 52.9 Å². The van der Waals surface area contributed by atoms with Crippen molar-refractivity contribution in [3.05, 3.63) is 54.1 Å². The first-order chi connectivity index (χ1) is 25.0. The Hall–Kier alpha value is -4.27. The molecule has 0 aliphatic rings. The number of methoxy groups -OCH3 is 1. The first kappa shape index (κ1) is 38.9. The summed E-state index contributed by atoms with van der Waals surface area (Å²) in [6.45, 7) is 6.24. The summed E-state index contributed by atoms with van der Waals surface area (Å²) in [5, 5.41) is 9.27. The molecule has 0 saturated carbocycles. The average Bonchev–Trinajstić information content (AvgIpc) is 3.52. The van der Waals surface area contributed by atoms with Crippen LogP contribution in [0.2, 0.25) is 5.02 Å². The number of nitrogen functional groups attached to an aromatic ring is 1. The number of carbonyl (C=O) groups is 1. The number of pyridine rings is 1. The topological polar surface area (TPSA) is 187 Å². The third-order valence-corrected chi connectivity index (χ3v) is 10.1. The molecule has 0 aliphatic heterocycles. The highest BCUT2D eigenvalue weighted by Gasteiger charge is 2.26. The Bertz CT molecular complexity index is 2010. The number of nitrogens with zero attached hydrogens (tertiary/aromatic N) is 5. The predicted octanol–water partition coefficient (Wildman–Crippen LogP) is 7.52. The largest absolute Gasteiger partial charge is 0.510 e. The van der Waals surface area contributed by atoms with Crippen LogP contribution in [0, 0.1) is 0 Å². The molecule has 0 spiro atoms. The maximum absolute atomic E-state index is 13.8.